The van der Waals surface area contributed by atoms with Gasteiger partial charge in [0.25, 0.3) is 0 Å². The second-order valence-corrected chi connectivity index (χ2v) is 7.85. The lowest BCUT2D eigenvalue weighted by molar-refractivity contribution is 0.143. The van der Waals surface area contributed by atoms with Crippen LogP contribution in [0.3, 0.4) is 0 Å². The van der Waals surface area contributed by atoms with Gasteiger partial charge in [-0.2, -0.15) is 0 Å². The van der Waals surface area contributed by atoms with Gasteiger partial charge in [-0.1, -0.05) is 97.1 Å². The number of alkyl carbamates (subject to hydrolysis) is 1. The fourth-order valence-electron chi connectivity index (χ4n) is 4.01. The molecule has 3 aromatic carbocycles. The van der Waals surface area contributed by atoms with Crippen LogP contribution in [0.1, 0.15) is 41.5 Å². The number of benzene rings is 3. The fraction of sp³-hybridized carbons (Fsp3) is 0.179. The van der Waals surface area contributed by atoms with E-state index in [1.54, 1.807) is 0 Å². The zero-order valence-corrected chi connectivity index (χ0v) is 17.8. The van der Waals surface area contributed by atoms with E-state index < -0.39 is 0 Å². The molecule has 0 aliphatic heterocycles. The number of amides is 1. The van der Waals surface area contributed by atoms with Crippen LogP contribution in [0.25, 0.3) is 22.8 Å². The maximum atomic E-state index is 12.2. The summed E-state index contributed by atoms with van der Waals surface area (Å²) in [5.74, 6) is 0.0835. The summed E-state index contributed by atoms with van der Waals surface area (Å²) in [5.41, 5.74) is 8.24. The Morgan fingerprint density at radius 2 is 1.58 bits per heavy atom. The van der Waals surface area contributed by atoms with E-state index >= 15 is 0 Å². The largest absolute Gasteiger partial charge is 0.449 e. The van der Waals surface area contributed by atoms with E-state index in [9.17, 15) is 4.79 Å². The lowest BCUT2D eigenvalue weighted by Crippen LogP contribution is -2.26. The topological polar surface area (TPSA) is 38.3 Å². The van der Waals surface area contributed by atoms with Gasteiger partial charge in [0.1, 0.15) is 6.61 Å². The number of carbonyl (C=O) groups excluding carboxylic acids is 1. The lowest BCUT2D eigenvalue weighted by atomic mass is 9.98. The normalized spacial score (nSPS) is 12.4. The predicted octanol–water partition coefficient (Wildman–Crippen LogP) is 6.66. The molecule has 3 aromatic rings. The van der Waals surface area contributed by atoms with Crippen LogP contribution in [0.5, 0.6) is 0 Å². The maximum Gasteiger partial charge on any atom is 0.407 e. The van der Waals surface area contributed by atoms with Crippen LogP contribution in [0.4, 0.5) is 4.79 Å². The molecule has 0 spiro atoms. The first kappa shape index (κ1) is 20.7. The van der Waals surface area contributed by atoms with Crippen molar-refractivity contribution < 1.29 is 9.53 Å². The van der Waals surface area contributed by atoms with Crippen molar-refractivity contribution in [1.82, 2.24) is 5.32 Å². The average molecular weight is 410 g/mol. The third kappa shape index (κ3) is 4.77. The van der Waals surface area contributed by atoms with Gasteiger partial charge in [0.05, 0.1) is 0 Å². The van der Waals surface area contributed by atoms with E-state index in [-0.39, 0.29) is 12.0 Å². The molecule has 0 heterocycles. The van der Waals surface area contributed by atoms with E-state index in [2.05, 4.69) is 72.6 Å². The van der Waals surface area contributed by atoms with Crippen molar-refractivity contribution >= 4 is 17.7 Å². The Morgan fingerprint density at radius 1 is 0.968 bits per heavy atom. The van der Waals surface area contributed by atoms with Crippen molar-refractivity contribution in [2.45, 2.75) is 19.3 Å². The molecule has 0 saturated heterocycles. The van der Waals surface area contributed by atoms with Crippen molar-refractivity contribution in [3.8, 4) is 11.1 Å². The van der Waals surface area contributed by atoms with Gasteiger partial charge in [-0.25, -0.2) is 4.79 Å². The van der Waals surface area contributed by atoms with Gasteiger partial charge >= 0.3 is 6.09 Å². The molecule has 0 saturated carbocycles. The highest BCUT2D eigenvalue weighted by Gasteiger charge is 2.28. The maximum absolute atomic E-state index is 12.2. The Morgan fingerprint density at radius 3 is 2.19 bits per heavy atom. The number of hydrogen-bond acceptors (Lipinski definition) is 2. The van der Waals surface area contributed by atoms with E-state index in [1.165, 1.54) is 22.3 Å². The summed E-state index contributed by atoms with van der Waals surface area (Å²) in [7, 11) is 0. The summed E-state index contributed by atoms with van der Waals surface area (Å²) in [4.78, 5) is 12.2. The van der Waals surface area contributed by atoms with Crippen molar-refractivity contribution in [1.29, 1.82) is 0 Å². The van der Waals surface area contributed by atoms with Crippen LogP contribution < -0.4 is 5.32 Å². The third-order valence-corrected chi connectivity index (χ3v) is 5.64. The number of nitrogens with one attached hydrogen (secondary N) is 1. The summed E-state index contributed by atoms with van der Waals surface area (Å²) in [6.45, 7) is 6.83. The van der Waals surface area contributed by atoms with Gasteiger partial charge in [0.15, 0.2) is 0 Å². The van der Waals surface area contributed by atoms with Crippen molar-refractivity contribution in [3.63, 3.8) is 0 Å². The summed E-state index contributed by atoms with van der Waals surface area (Å²) in [6.07, 6.45) is 4.48. The van der Waals surface area contributed by atoms with Gasteiger partial charge < -0.3 is 10.1 Å². The lowest BCUT2D eigenvalue weighted by Gasteiger charge is -2.14. The van der Waals surface area contributed by atoms with E-state index in [4.69, 9.17) is 4.74 Å². The van der Waals surface area contributed by atoms with Crippen LogP contribution in [0.15, 0.2) is 85.5 Å². The van der Waals surface area contributed by atoms with Crippen LogP contribution in [0, 0.1) is 0 Å². The number of fused-ring (bicyclic) bond motifs is 3. The standard InChI is InChI=1S/C28H27NO2/c1-20(2)22-16-14-21(15-17-22)9-7-8-18-29-28(30)31-19-27-25-12-5-3-10-23(25)24-11-4-6-13-26(24)27/h3-7,9-17,27H,1,8,18-19H2,2H3,(H,29,30). The number of ether oxygens (including phenoxy) is 1. The fourth-order valence-corrected chi connectivity index (χ4v) is 4.01. The molecule has 1 N–H and O–H groups in total. The molecular weight excluding hydrogens is 382 g/mol. The first-order valence-electron chi connectivity index (χ1n) is 10.6. The molecule has 0 fully saturated rings. The average Bonchev–Trinajstić information content (AvgIpc) is 3.11. The zero-order chi connectivity index (χ0) is 21.6. The smallest absolute Gasteiger partial charge is 0.407 e. The number of allylic oxidation sites excluding steroid dienone is 1. The Kier molecular flexibility index (Phi) is 6.32. The van der Waals surface area contributed by atoms with Gasteiger partial charge in [0, 0.05) is 12.5 Å². The van der Waals surface area contributed by atoms with E-state index in [1.807, 2.05) is 31.2 Å². The third-order valence-electron chi connectivity index (χ3n) is 5.64. The second-order valence-electron chi connectivity index (χ2n) is 7.85. The number of hydrogen-bond donors (Lipinski definition) is 1. The minimum atomic E-state index is -0.374. The molecule has 1 aliphatic carbocycles. The summed E-state index contributed by atoms with van der Waals surface area (Å²) in [5, 5.41) is 2.84. The van der Waals surface area contributed by atoms with Crippen molar-refractivity contribution in [2.24, 2.45) is 0 Å². The first-order valence-corrected chi connectivity index (χ1v) is 10.6. The van der Waals surface area contributed by atoms with Crippen LogP contribution >= 0.6 is 0 Å². The van der Waals surface area contributed by atoms with Crippen LogP contribution in [-0.4, -0.2) is 19.2 Å². The zero-order valence-electron chi connectivity index (χ0n) is 17.8. The highest BCUT2D eigenvalue weighted by molar-refractivity contribution is 5.79. The second kappa shape index (κ2) is 9.48. The Hall–Kier alpha value is -3.59. The summed E-state index contributed by atoms with van der Waals surface area (Å²) < 4.78 is 5.56. The highest BCUT2D eigenvalue weighted by atomic mass is 16.5. The van der Waals surface area contributed by atoms with Crippen molar-refractivity contribution in [2.75, 3.05) is 13.2 Å². The molecule has 31 heavy (non-hydrogen) atoms. The number of rotatable bonds is 7. The quantitative estimate of drug-likeness (QED) is 0.443. The molecule has 0 bridgehead atoms. The molecule has 156 valence electrons. The molecule has 3 nitrogen and oxygen atoms in total. The molecule has 0 radical (unpaired) electrons. The van der Waals surface area contributed by atoms with E-state index in [0.29, 0.717) is 13.2 Å². The van der Waals surface area contributed by atoms with Crippen LogP contribution in [-0.2, 0) is 4.74 Å². The monoisotopic (exact) mass is 409 g/mol. The van der Waals surface area contributed by atoms with Crippen molar-refractivity contribution in [3.05, 3.63) is 108 Å². The highest BCUT2D eigenvalue weighted by Crippen LogP contribution is 2.44. The molecule has 0 unspecified atom stereocenters. The van der Waals surface area contributed by atoms with Gasteiger partial charge in [0.2, 0.25) is 0 Å². The molecular formula is C28H27NO2. The van der Waals surface area contributed by atoms with Gasteiger partial charge in [-0.05, 0) is 46.7 Å². The molecule has 4 rings (SSSR count). The van der Waals surface area contributed by atoms with Gasteiger partial charge in [-0.15, -0.1) is 0 Å². The molecule has 0 aromatic heterocycles. The molecule has 3 heteroatoms. The minimum Gasteiger partial charge on any atom is -0.449 e. The predicted molar refractivity (Wildman–Crippen MR) is 128 cm³/mol. The molecule has 0 atom stereocenters. The Labute approximate surface area is 184 Å². The van der Waals surface area contributed by atoms with Crippen LogP contribution in [0.2, 0.25) is 0 Å². The first-order chi connectivity index (χ1) is 15.1. The summed E-state index contributed by atoms with van der Waals surface area (Å²) in [6, 6.07) is 24.9. The molecule has 1 amide bonds. The minimum absolute atomic E-state index is 0.0835. The van der Waals surface area contributed by atoms with E-state index in [0.717, 1.165) is 23.1 Å². The Balaban J connectivity index is 1.25. The number of carbonyl (C=O) groups is 1. The Bertz CT molecular complexity index is 1070. The molecule has 1 aliphatic rings. The SMILES string of the molecule is C=C(C)c1ccc(C=CCCNC(=O)OCC2c3ccccc3-c3ccccc32)cc1. The summed E-state index contributed by atoms with van der Waals surface area (Å²) >= 11 is 0. The van der Waals surface area contributed by atoms with Gasteiger partial charge in [-0.3, -0.25) is 0 Å².